The van der Waals surface area contributed by atoms with Gasteiger partial charge in [0.1, 0.15) is 0 Å². The van der Waals surface area contributed by atoms with Crippen molar-refractivity contribution >= 4 is 22.9 Å². The Labute approximate surface area is 207 Å². The fourth-order valence-corrected chi connectivity index (χ4v) is 4.42. The monoisotopic (exact) mass is 472 g/mol. The van der Waals surface area contributed by atoms with Gasteiger partial charge in [0.25, 0.3) is 0 Å². The molecule has 1 aromatic carbocycles. The number of nitrogens with two attached hydrogens (primary N) is 1. The zero-order chi connectivity index (χ0) is 24.6. The van der Waals surface area contributed by atoms with Gasteiger partial charge in [0, 0.05) is 23.8 Å². The first-order valence-electron chi connectivity index (χ1n) is 12.5. The minimum atomic E-state index is 0.271. The van der Waals surface area contributed by atoms with Crippen LogP contribution in [-0.4, -0.2) is 37.6 Å². The van der Waals surface area contributed by atoms with Gasteiger partial charge in [0.15, 0.2) is 17.0 Å². The molecule has 8 nitrogen and oxygen atoms in total. The van der Waals surface area contributed by atoms with E-state index in [0.717, 1.165) is 28.2 Å². The van der Waals surface area contributed by atoms with Crippen LogP contribution in [0.3, 0.4) is 0 Å². The number of imidazole rings is 1. The Morgan fingerprint density at radius 3 is 2.40 bits per heavy atom. The second-order valence-corrected chi connectivity index (χ2v) is 9.05. The maximum Gasteiger partial charge on any atom is 0.227 e. The van der Waals surface area contributed by atoms with Crippen LogP contribution in [0, 0.1) is 0 Å². The fraction of sp³-hybridized carbons (Fsp3) is 0.407. The molecule has 184 valence electrons. The van der Waals surface area contributed by atoms with Gasteiger partial charge in [0.05, 0.1) is 18.6 Å². The maximum absolute atomic E-state index is 4.83. The van der Waals surface area contributed by atoms with E-state index in [-0.39, 0.29) is 6.04 Å². The summed E-state index contributed by atoms with van der Waals surface area (Å²) in [6, 6.07) is 15.2. The number of anilines is 2. The van der Waals surface area contributed by atoms with Crippen molar-refractivity contribution < 1.29 is 0 Å². The van der Waals surface area contributed by atoms with Crippen LogP contribution in [0.1, 0.15) is 57.7 Å². The third-order valence-corrected chi connectivity index (χ3v) is 6.28. The molecule has 1 aliphatic rings. The predicted octanol–water partition coefficient (Wildman–Crippen LogP) is 5.40. The van der Waals surface area contributed by atoms with E-state index in [1.165, 1.54) is 44.7 Å². The molecule has 5 rings (SSSR count). The Morgan fingerprint density at radius 2 is 1.71 bits per heavy atom. The Balaban J connectivity index is 0.00000141. The van der Waals surface area contributed by atoms with E-state index >= 15 is 0 Å². The minimum Gasteiger partial charge on any atom is -0.362 e. The lowest BCUT2D eigenvalue weighted by Gasteiger charge is -2.23. The lowest BCUT2D eigenvalue weighted by atomic mass is 9.96. The van der Waals surface area contributed by atoms with Crippen molar-refractivity contribution in [3.63, 3.8) is 0 Å². The highest BCUT2D eigenvalue weighted by Crippen LogP contribution is 2.26. The van der Waals surface area contributed by atoms with E-state index in [1.54, 1.807) is 0 Å². The van der Waals surface area contributed by atoms with E-state index in [4.69, 9.17) is 9.97 Å². The smallest absolute Gasteiger partial charge is 0.227 e. The van der Waals surface area contributed by atoms with Gasteiger partial charge in [-0.2, -0.15) is 9.97 Å². The summed E-state index contributed by atoms with van der Waals surface area (Å²) in [7, 11) is 1.50. The van der Waals surface area contributed by atoms with Crippen molar-refractivity contribution in [1.29, 1.82) is 0 Å². The third kappa shape index (κ3) is 5.95. The van der Waals surface area contributed by atoms with E-state index in [2.05, 4.69) is 69.0 Å². The van der Waals surface area contributed by atoms with Crippen LogP contribution in [0.2, 0.25) is 0 Å². The van der Waals surface area contributed by atoms with Crippen LogP contribution >= 0.6 is 0 Å². The van der Waals surface area contributed by atoms with Crippen LogP contribution < -0.4 is 16.4 Å². The number of benzene rings is 1. The topological polar surface area (TPSA) is 107 Å². The minimum absolute atomic E-state index is 0.271. The van der Waals surface area contributed by atoms with Gasteiger partial charge in [-0.05, 0) is 45.4 Å². The molecule has 3 heterocycles. The number of hydrogen-bond acceptors (Lipinski definition) is 7. The van der Waals surface area contributed by atoms with E-state index in [0.29, 0.717) is 18.5 Å². The lowest BCUT2D eigenvalue weighted by Crippen LogP contribution is -2.24. The van der Waals surface area contributed by atoms with E-state index in [1.807, 2.05) is 30.7 Å². The van der Waals surface area contributed by atoms with Crippen molar-refractivity contribution in [3.05, 3.63) is 60.7 Å². The van der Waals surface area contributed by atoms with Gasteiger partial charge in [-0.25, -0.2) is 4.98 Å². The number of pyridine rings is 1. The Morgan fingerprint density at radius 1 is 0.943 bits per heavy atom. The highest BCUT2D eigenvalue weighted by atomic mass is 15.2. The SMILES string of the molecule is CC(C)n1cnc2c(NCc3ccc(-c4ccccc4)cn3)nc(NC3CCCCC3)nc21.CN. The summed E-state index contributed by atoms with van der Waals surface area (Å²) in [6.45, 7) is 4.85. The Hall–Kier alpha value is -3.52. The van der Waals surface area contributed by atoms with Crippen molar-refractivity contribution in [1.82, 2.24) is 24.5 Å². The Kier molecular flexibility index (Phi) is 8.26. The molecule has 0 saturated heterocycles. The van der Waals surface area contributed by atoms with Gasteiger partial charge in [-0.3, -0.25) is 4.98 Å². The first kappa shape index (κ1) is 24.6. The summed E-state index contributed by atoms with van der Waals surface area (Å²) in [5.74, 6) is 1.42. The molecule has 0 radical (unpaired) electrons. The highest BCUT2D eigenvalue weighted by Gasteiger charge is 2.18. The molecule has 1 saturated carbocycles. The van der Waals surface area contributed by atoms with Gasteiger partial charge in [0.2, 0.25) is 5.95 Å². The van der Waals surface area contributed by atoms with E-state index in [9.17, 15) is 0 Å². The molecule has 8 heteroatoms. The molecule has 35 heavy (non-hydrogen) atoms. The normalized spacial score (nSPS) is 14.0. The zero-order valence-corrected chi connectivity index (χ0v) is 20.9. The standard InChI is InChI=1S/C26H31N7.CH5N/c1-18(2)33-17-29-23-24(31-26(32-25(23)33)30-21-11-7-4-8-12-21)28-16-22-14-13-20(15-27-22)19-9-5-3-6-10-19;1-2/h3,5-6,9-10,13-15,17-18,21H,4,7-8,11-12,16H2,1-2H3,(H2,28,30,31,32);2H2,1H3. The molecule has 0 bridgehead atoms. The van der Waals surface area contributed by atoms with Crippen molar-refractivity contribution in [3.8, 4) is 11.1 Å². The van der Waals surface area contributed by atoms with Gasteiger partial charge >= 0.3 is 0 Å². The number of aromatic nitrogens is 5. The van der Waals surface area contributed by atoms with Crippen LogP contribution in [0.15, 0.2) is 55.0 Å². The molecular formula is C27H36N8. The molecule has 1 aliphatic carbocycles. The number of hydrogen-bond donors (Lipinski definition) is 3. The first-order valence-corrected chi connectivity index (χ1v) is 12.5. The van der Waals surface area contributed by atoms with Crippen LogP contribution in [-0.2, 0) is 6.54 Å². The van der Waals surface area contributed by atoms with Gasteiger partial charge in [-0.15, -0.1) is 0 Å². The summed E-state index contributed by atoms with van der Waals surface area (Å²) in [5, 5.41) is 7.04. The number of rotatable bonds is 7. The van der Waals surface area contributed by atoms with Crippen molar-refractivity contribution in [2.45, 2.75) is 64.6 Å². The second kappa shape index (κ2) is 11.8. The van der Waals surface area contributed by atoms with Crippen molar-refractivity contribution in [2.75, 3.05) is 17.7 Å². The third-order valence-electron chi connectivity index (χ3n) is 6.28. The summed E-state index contributed by atoms with van der Waals surface area (Å²) in [5.41, 5.74) is 9.37. The lowest BCUT2D eigenvalue weighted by molar-refractivity contribution is 0.461. The zero-order valence-electron chi connectivity index (χ0n) is 20.9. The van der Waals surface area contributed by atoms with Crippen LogP contribution in [0.5, 0.6) is 0 Å². The van der Waals surface area contributed by atoms with Crippen LogP contribution in [0.4, 0.5) is 11.8 Å². The largest absolute Gasteiger partial charge is 0.362 e. The van der Waals surface area contributed by atoms with Crippen molar-refractivity contribution in [2.24, 2.45) is 5.73 Å². The maximum atomic E-state index is 4.83. The number of fused-ring (bicyclic) bond motifs is 1. The molecule has 0 amide bonds. The van der Waals surface area contributed by atoms with E-state index < -0.39 is 0 Å². The molecule has 0 spiro atoms. The average molecular weight is 473 g/mol. The van der Waals surface area contributed by atoms with Gasteiger partial charge in [-0.1, -0.05) is 55.7 Å². The molecule has 1 fully saturated rings. The molecule has 0 aliphatic heterocycles. The second-order valence-electron chi connectivity index (χ2n) is 9.05. The molecular weight excluding hydrogens is 436 g/mol. The van der Waals surface area contributed by atoms with Gasteiger partial charge < -0.3 is 20.9 Å². The van der Waals surface area contributed by atoms with Crippen LogP contribution in [0.25, 0.3) is 22.3 Å². The molecule has 0 unspecified atom stereocenters. The number of nitrogens with one attached hydrogen (secondary N) is 2. The molecule has 0 atom stereocenters. The molecule has 4 N–H and O–H groups in total. The summed E-state index contributed by atoms with van der Waals surface area (Å²) >= 11 is 0. The Bertz CT molecular complexity index is 1200. The molecule has 3 aromatic heterocycles. The number of nitrogens with zero attached hydrogens (tertiary/aromatic N) is 5. The summed E-state index contributed by atoms with van der Waals surface area (Å²) < 4.78 is 2.10. The quantitative estimate of drug-likeness (QED) is 0.330. The predicted molar refractivity (Wildman–Crippen MR) is 143 cm³/mol. The molecule has 4 aromatic rings. The highest BCUT2D eigenvalue weighted by molar-refractivity contribution is 5.84. The summed E-state index contributed by atoms with van der Waals surface area (Å²) in [6.07, 6.45) is 9.97. The summed E-state index contributed by atoms with van der Waals surface area (Å²) in [4.78, 5) is 18.9. The first-order chi connectivity index (χ1) is 17.2. The fourth-order valence-electron chi connectivity index (χ4n) is 4.42. The average Bonchev–Trinajstić information content (AvgIpc) is 3.34.